The molecule has 6 nitrogen and oxygen atoms in total. The maximum absolute atomic E-state index is 14.1. The van der Waals surface area contributed by atoms with Crippen LogP contribution < -0.4 is 5.73 Å². The van der Waals surface area contributed by atoms with Crippen molar-refractivity contribution in [3.8, 4) is 0 Å². The average molecular weight is 351 g/mol. The molecule has 1 atom stereocenters. The number of H-pyrrole nitrogens is 1. The minimum absolute atomic E-state index is 0.0757. The van der Waals surface area contributed by atoms with Gasteiger partial charge in [0.05, 0.1) is 22.3 Å². The van der Waals surface area contributed by atoms with Gasteiger partial charge in [0.2, 0.25) is 0 Å². The minimum Gasteiger partial charge on any atom is -0.364 e. The molecule has 0 radical (unpaired) electrons. The first-order chi connectivity index (χ1) is 11.5. The Morgan fingerprint density at radius 3 is 2.83 bits per heavy atom. The first-order valence-corrected chi connectivity index (χ1v) is 7.97. The van der Waals surface area contributed by atoms with E-state index in [1.54, 1.807) is 4.90 Å². The molecule has 1 aliphatic heterocycles. The summed E-state index contributed by atoms with van der Waals surface area (Å²) in [4.78, 5) is 25.6. The molecule has 126 valence electrons. The summed E-state index contributed by atoms with van der Waals surface area (Å²) in [6.45, 7) is 0.471. The highest BCUT2D eigenvalue weighted by Gasteiger charge is 2.32. The molecule has 3 N–H and O–H groups in total. The maximum atomic E-state index is 14.1. The molecule has 0 unspecified atom stereocenters. The molecule has 1 aromatic carbocycles. The summed E-state index contributed by atoms with van der Waals surface area (Å²) in [7, 11) is 0. The van der Waals surface area contributed by atoms with E-state index >= 15 is 0 Å². The van der Waals surface area contributed by atoms with Crippen LogP contribution >= 0.6 is 11.6 Å². The number of nitrogens with two attached hydrogens (primary N) is 1. The summed E-state index contributed by atoms with van der Waals surface area (Å²) in [5, 5.41) is 6.68. The quantitative estimate of drug-likeness (QED) is 0.891. The third kappa shape index (κ3) is 2.99. The van der Waals surface area contributed by atoms with E-state index in [1.165, 1.54) is 24.3 Å². The number of piperidine rings is 1. The lowest BCUT2D eigenvalue weighted by molar-refractivity contribution is 0.0601. The predicted octanol–water partition coefficient (Wildman–Crippen LogP) is 2.67. The van der Waals surface area contributed by atoms with Gasteiger partial charge in [0.25, 0.3) is 11.8 Å². The molecule has 0 spiro atoms. The molecular formula is C16H16ClFN4O2. The number of benzene rings is 1. The maximum Gasteiger partial charge on any atom is 0.269 e. The summed E-state index contributed by atoms with van der Waals surface area (Å²) in [6.07, 6.45) is 2.40. The number of hydrogen-bond acceptors (Lipinski definition) is 3. The fourth-order valence-electron chi connectivity index (χ4n) is 2.98. The standard InChI is InChI=1S/C16H16ClFN4O2/c17-9-4-3-5-10(18)14(9)16(24)22-7-2-1-6-13(22)11-8-12(15(19)23)21-20-11/h3-5,8,13H,1-2,6-7H2,(H2,19,23)(H,20,21)/t13-/m1/s1. The van der Waals surface area contributed by atoms with Crippen LogP contribution in [0.1, 0.15) is 51.8 Å². The monoisotopic (exact) mass is 350 g/mol. The normalized spacial score (nSPS) is 17.8. The lowest BCUT2D eigenvalue weighted by Crippen LogP contribution is -2.39. The highest BCUT2D eigenvalue weighted by molar-refractivity contribution is 6.33. The third-order valence-corrected chi connectivity index (χ3v) is 4.46. The van der Waals surface area contributed by atoms with Crippen molar-refractivity contribution in [3.63, 3.8) is 0 Å². The van der Waals surface area contributed by atoms with Gasteiger partial charge >= 0.3 is 0 Å². The zero-order valence-corrected chi connectivity index (χ0v) is 13.5. The molecule has 3 rings (SSSR count). The molecule has 1 saturated heterocycles. The number of hydrogen-bond donors (Lipinski definition) is 2. The molecule has 0 bridgehead atoms. The van der Waals surface area contributed by atoms with E-state index in [0.717, 1.165) is 12.8 Å². The van der Waals surface area contributed by atoms with Crippen LogP contribution in [0.5, 0.6) is 0 Å². The van der Waals surface area contributed by atoms with Gasteiger partial charge in [-0.05, 0) is 37.5 Å². The Morgan fingerprint density at radius 1 is 1.38 bits per heavy atom. The SMILES string of the molecule is NC(=O)c1cc([C@H]2CCCCN2C(=O)c2c(F)cccc2Cl)[nH]n1. The third-order valence-electron chi connectivity index (χ3n) is 4.15. The number of halogens is 2. The number of nitrogens with zero attached hydrogens (tertiary/aromatic N) is 2. The summed E-state index contributed by atoms with van der Waals surface area (Å²) in [5.74, 6) is -1.78. The Labute approximate surface area is 142 Å². The van der Waals surface area contributed by atoms with Gasteiger partial charge in [-0.25, -0.2) is 4.39 Å². The molecule has 2 heterocycles. The summed E-state index contributed by atoms with van der Waals surface area (Å²) < 4.78 is 14.1. The van der Waals surface area contributed by atoms with Crippen LogP contribution in [0.3, 0.4) is 0 Å². The number of carbonyl (C=O) groups excluding carboxylic acids is 2. The van der Waals surface area contributed by atoms with Gasteiger partial charge in [-0.2, -0.15) is 5.10 Å². The highest BCUT2D eigenvalue weighted by atomic mass is 35.5. The number of likely N-dealkylation sites (tertiary alicyclic amines) is 1. The zero-order valence-electron chi connectivity index (χ0n) is 12.8. The lowest BCUT2D eigenvalue weighted by Gasteiger charge is -2.35. The lowest BCUT2D eigenvalue weighted by atomic mass is 9.98. The minimum atomic E-state index is -0.653. The summed E-state index contributed by atoms with van der Waals surface area (Å²) in [5.41, 5.74) is 5.78. The molecule has 0 saturated carbocycles. The van der Waals surface area contributed by atoms with Crippen LogP contribution in [-0.4, -0.2) is 33.5 Å². The zero-order chi connectivity index (χ0) is 17.3. The highest BCUT2D eigenvalue weighted by Crippen LogP contribution is 2.33. The van der Waals surface area contributed by atoms with E-state index in [0.29, 0.717) is 18.7 Å². The fraction of sp³-hybridized carbons (Fsp3) is 0.312. The summed E-state index contributed by atoms with van der Waals surface area (Å²) in [6, 6.07) is 5.34. The second kappa shape index (κ2) is 6.60. The van der Waals surface area contributed by atoms with Gasteiger partial charge in [-0.15, -0.1) is 0 Å². The van der Waals surface area contributed by atoms with Crippen molar-refractivity contribution >= 4 is 23.4 Å². The van der Waals surface area contributed by atoms with Crippen LogP contribution in [0.25, 0.3) is 0 Å². The number of primary amides is 1. The van der Waals surface area contributed by atoms with Gasteiger partial charge in [-0.1, -0.05) is 17.7 Å². The average Bonchev–Trinajstić information content (AvgIpc) is 3.04. The van der Waals surface area contributed by atoms with Crippen LogP contribution in [0.15, 0.2) is 24.3 Å². The smallest absolute Gasteiger partial charge is 0.269 e. The number of carbonyl (C=O) groups is 2. The molecule has 1 fully saturated rings. The first kappa shape index (κ1) is 16.4. The number of rotatable bonds is 3. The second-order valence-electron chi connectivity index (χ2n) is 5.68. The van der Waals surface area contributed by atoms with Crippen molar-refractivity contribution in [1.29, 1.82) is 0 Å². The molecule has 24 heavy (non-hydrogen) atoms. The Bertz CT molecular complexity index is 772. The molecule has 8 heteroatoms. The number of aromatic nitrogens is 2. The van der Waals surface area contributed by atoms with Crippen LogP contribution in [0.2, 0.25) is 5.02 Å². The van der Waals surface area contributed by atoms with Gasteiger partial charge in [0, 0.05) is 6.54 Å². The molecular weight excluding hydrogens is 335 g/mol. The topological polar surface area (TPSA) is 92.1 Å². The fourth-order valence-corrected chi connectivity index (χ4v) is 3.22. The van der Waals surface area contributed by atoms with E-state index in [9.17, 15) is 14.0 Å². The predicted molar refractivity (Wildman–Crippen MR) is 86.1 cm³/mol. The Kier molecular flexibility index (Phi) is 4.53. The van der Waals surface area contributed by atoms with Crippen molar-refractivity contribution < 1.29 is 14.0 Å². The molecule has 1 aliphatic rings. The second-order valence-corrected chi connectivity index (χ2v) is 6.09. The van der Waals surface area contributed by atoms with Crippen molar-refractivity contribution in [2.24, 2.45) is 5.73 Å². The van der Waals surface area contributed by atoms with E-state index in [4.69, 9.17) is 17.3 Å². The van der Waals surface area contributed by atoms with Crippen molar-refractivity contribution in [2.45, 2.75) is 25.3 Å². The Morgan fingerprint density at radius 2 is 2.17 bits per heavy atom. The largest absolute Gasteiger partial charge is 0.364 e. The molecule has 2 aromatic rings. The van der Waals surface area contributed by atoms with E-state index in [1.807, 2.05) is 0 Å². The van der Waals surface area contributed by atoms with E-state index < -0.39 is 17.6 Å². The van der Waals surface area contributed by atoms with Crippen molar-refractivity contribution in [2.75, 3.05) is 6.54 Å². The van der Waals surface area contributed by atoms with E-state index in [-0.39, 0.29) is 22.3 Å². The molecule has 1 aromatic heterocycles. The number of amides is 2. The number of aromatic amines is 1. The van der Waals surface area contributed by atoms with Crippen LogP contribution in [-0.2, 0) is 0 Å². The van der Waals surface area contributed by atoms with Gasteiger partial charge in [0.15, 0.2) is 0 Å². The van der Waals surface area contributed by atoms with Gasteiger partial charge < -0.3 is 10.6 Å². The Balaban J connectivity index is 1.94. The van der Waals surface area contributed by atoms with Gasteiger partial charge in [-0.3, -0.25) is 14.7 Å². The van der Waals surface area contributed by atoms with Gasteiger partial charge in [0.1, 0.15) is 11.5 Å². The summed E-state index contributed by atoms with van der Waals surface area (Å²) >= 11 is 6.01. The number of nitrogens with one attached hydrogen (secondary N) is 1. The van der Waals surface area contributed by atoms with Crippen molar-refractivity contribution in [1.82, 2.24) is 15.1 Å². The van der Waals surface area contributed by atoms with Crippen LogP contribution in [0.4, 0.5) is 4.39 Å². The van der Waals surface area contributed by atoms with Crippen molar-refractivity contribution in [3.05, 3.63) is 52.1 Å². The molecule has 0 aliphatic carbocycles. The van der Waals surface area contributed by atoms with Crippen LogP contribution in [0, 0.1) is 5.82 Å². The molecule has 2 amide bonds. The first-order valence-electron chi connectivity index (χ1n) is 7.59. The van der Waals surface area contributed by atoms with E-state index in [2.05, 4.69) is 10.2 Å². The Hall–Kier alpha value is -2.41.